The molecule has 1 atom stereocenters. The molecule has 0 amide bonds. The van der Waals surface area contributed by atoms with Crippen molar-refractivity contribution in [1.29, 1.82) is 0 Å². The van der Waals surface area contributed by atoms with Crippen LogP contribution in [0.4, 0.5) is 0 Å². The smallest absolute Gasteiger partial charge is 0.320 e. The summed E-state index contributed by atoms with van der Waals surface area (Å²) < 4.78 is 0. The highest BCUT2D eigenvalue weighted by atomic mass is 16.4. The molecule has 1 fully saturated rings. The number of nitrogens with zero attached hydrogens (tertiary/aromatic N) is 2. The lowest BCUT2D eigenvalue weighted by Crippen LogP contribution is -2.47. The first kappa shape index (κ1) is 14.8. The highest BCUT2D eigenvalue weighted by molar-refractivity contribution is 5.75. The molecule has 1 aliphatic carbocycles. The number of aliphatic imine (C=N–C) groups is 1. The normalized spacial score (nSPS) is 18.6. The van der Waals surface area contributed by atoms with E-state index in [0.717, 1.165) is 12.8 Å². The number of hydrogen-bond donors (Lipinski definition) is 3. The summed E-state index contributed by atoms with van der Waals surface area (Å²) in [5, 5.41) is 9.16. The molecular formula is C12H24N4O2. The van der Waals surface area contributed by atoms with Crippen LogP contribution in [0.1, 0.15) is 39.0 Å². The summed E-state index contributed by atoms with van der Waals surface area (Å²) in [5.41, 5.74) is 10.6. The Balaban J connectivity index is 2.61. The Kier molecular flexibility index (Phi) is 5.91. The topological polar surface area (TPSA) is 105 Å². The molecule has 1 aliphatic rings. The Hall–Kier alpha value is -1.30. The van der Waals surface area contributed by atoms with E-state index in [9.17, 15) is 4.79 Å². The van der Waals surface area contributed by atoms with E-state index in [0.29, 0.717) is 19.1 Å². The first-order valence-corrected chi connectivity index (χ1v) is 6.56. The van der Waals surface area contributed by atoms with Crippen molar-refractivity contribution in [2.75, 3.05) is 13.1 Å². The minimum atomic E-state index is -0.787. The van der Waals surface area contributed by atoms with Crippen molar-refractivity contribution in [3.63, 3.8) is 0 Å². The monoisotopic (exact) mass is 256 g/mol. The Morgan fingerprint density at radius 2 is 2.00 bits per heavy atom. The van der Waals surface area contributed by atoms with Crippen LogP contribution in [0.15, 0.2) is 4.99 Å². The van der Waals surface area contributed by atoms with Crippen LogP contribution in [0.25, 0.3) is 0 Å². The van der Waals surface area contributed by atoms with E-state index in [2.05, 4.69) is 4.99 Å². The second-order valence-corrected chi connectivity index (χ2v) is 4.85. The van der Waals surface area contributed by atoms with E-state index >= 15 is 0 Å². The Bertz CT molecular complexity index is 296. The fraction of sp³-hybridized carbons (Fsp3) is 0.833. The Labute approximate surface area is 108 Å². The van der Waals surface area contributed by atoms with Crippen molar-refractivity contribution in [2.24, 2.45) is 16.5 Å². The van der Waals surface area contributed by atoms with Crippen LogP contribution >= 0.6 is 0 Å². The summed E-state index contributed by atoms with van der Waals surface area (Å²) in [4.78, 5) is 17.1. The lowest BCUT2D eigenvalue weighted by molar-refractivity contribution is -0.143. The van der Waals surface area contributed by atoms with Gasteiger partial charge in [-0.25, -0.2) is 0 Å². The van der Waals surface area contributed by atoms with Gasteiger partial charge in [-0.3, -0.25) is 14.7 Å². The van der Waals surface area contributed by atoms with Gasteiger partial charge >= 0.3 is 5.97 Å². The van der Waals surface area contributed by atoms with Crippen LogP contribution < -0.4 is 11.5 Å². The van der Waals surface area contributed by atoms with E-state index in [1.54, 1.807) is 6.92 Å². The van der Waals surface area contributed by atoms with Crippen LogP contribution in [-0.2, 0) is 4.79 Å². The molecule has 0 saturated heterocycles. The average molecular weight is 256 g/mol. The van der Waals surface area contributed by atoms with Gasteiger partial charge in [0.25, 0.3) is 0 Å². The largest absolute Gasteiger partial charge is 0.480 e. The molecule has 0 unspecified atom stereocenters. The fourth-order valence-corrected chi connectivity index (χ4v) is 2.54. The van der Waals surface area contributed by atoms with Gasteiger partial charge < -0.3 is 16.6 Å². The van der Waals surface area contributed by atoms with E-state index in [1.165, 1.54) is 19.3 Å². The zero-order valence-electron chi connectivity index (χ0n) is 11.0. The first-order valence-electron chi connectivity index (χ1n) is 6.56. The predicted molar refractivity (Wildman–Crippen MR) is 71.4 cm³/mol. The average Bonchev–Trinajstić information content (AvgIpc) is 2.34. The van der Waals surface area contributed by atoms with Gasteiger partial charge in [0, 0.05) is 12.6 Å². The van der Waals surface area contributed by atoms with Crippen molar-refractivity contribution >= 4 is 11.9 Å². The molecule has 1 rings (SSSR count). The fourth-order valence-electron chi connectivity index (χ4n) is 2.54. The van der Waals surface area contributed by atoms with Gasteiger partial charge in [0.2, 0.25) is 0 Å². The molecule has 0 spiro atoms. The van der Waals surface area contributed by atoms with Gasteiger partial charge in [-0.15, -0.1) is 0 Å². The summed E-state index contributed by atoms with van der Waals surface area (Å²) in [6, 6.07) is -0.138. The third-order valence-electron chi connectivity index (χ3n) is 3.55. The summed E-state index contributed by atoms with van der Waals surface area (Å²) in [6.45, 7) is 2.78. The van der Waals surface area contributed by atoms with E-state index in [-0.39, 0.29) is 5.96 Å². The molecule has 6 heteroatoms. The maximum absolute atomic E-state index is 11.2. The Morgan fingerprint density at radius 3 is 2.50 bits per heavy atom. The van der Waals surface area contributed by atoms with Gasteiger partial charge in [-0.2, -0.15) is 0 Å². The van der Waals surface area contributed by atoms with E-state index < -0.39 is 12.0 Å². The third kappa shape index (κ3) is 4.52. The molecule has 5 N–H and O–H groups in total. The van der Waals surface area contributed by atoms with Gasteiger partial charge in [-0.05, 0) is 19.8 Å². The quantitative estimate of drug-likeness (QED) is 0.470. The first-order chi connectivity index (χ1) is 8.52. The number of aliphatic carboxylic acids is 1. The molecule has 18 heavy (non-hydrogen) atoms. The van der Waals surface area contributed by atoms with Crippen LogP contribution in [0.5, 0.6) is 0 Å². The molecular weight excluding hydrogens is 232 g/mol. The molecule has 0 radical (unpaired) electrons. The lowest BCUT2D eigenvalue weighted by atomic mass is 9.93. The standard InChI is InChI=1S/C12H24N4O2/c1-9(11(17)18)16(8-7-15-12(13)14)10-5-3-2-4-6-10/h9-10H,2-8H2,1H3,(H,17,18)(H4,13,14,15)/t9-/m0/s1. The second-order valence-electron chi connectivity index (χ2n) is 4.85. The molecule has 0 bridgehead atoms. The van der Waals surface area contributed by atoms with Crippen molar-refractivity contribution < 1.29 is 9.90 Å². The van der Waals surface area contributed by atoms with Crippen molar-refractivity contribution in [2.45, 2.75) is 51.1 Å². The molecule has 104 valence electrons. The zero-order valence-corrected chi connectivity index (χ0v) is 11.0. The third-order valence-corrected chi connectivity index (χ3v) is 3.55. The maximum Gasteiger partial charge on any atom is 0.320 e. The minimum Gasteiger partial charge on any atom is -0.480 e. The lowest BCUT2D eigenvalue weighted by Gasteiger charge is -2.36. The molecule has 0 aromatic rings. The SMILES string of the molecule is C[C@@H](C(=O)O)N(CCN=C(N)N)C1CCCCC1. The summed E-state index contributed by atoms with van der Waals surface area (Å²) in [6.07, 6.45) is 5.74. The number of nitrogens with two attached hydrogens (primary N) is 2. The van der Waals surface area contributed by atoms with Crippen molar-refractivity contribution in [3.8, 4) is 0 Å². The van der Waals surface area contributed by atoms with Gasteiger partial charge in [0.1, 0.15) is 6.04 Å². The number of rotatable bonds is 6. The molecule has 0 heterocycles. The van der Waals surface area contributed by atoms with Crippen molar-refractivity contribution in [3.05, 3.63) is 0 Å². The van der Waals surface area contributed by atoms with Crippen LogP contribution in [0.2, 0.25) is 0 Å². The van der Waals surface area contributed by atoms with Crippen molar-refractivity contribution in [1.82, 2.24) is 4.90 Å². The minimum absolute atomic E-state index is 0.0570. The number of hydrogen-bond acceptors (Lipinski definition) is 3. The molecule has 0 aromatic heterocycles. The van der Waals surface area contributed by atoms with E-state index in [1.807, 2.05) is 4.90 Å². The van der Waals surface area contributed by atoms with Crippen LogP contribution in [-0.4, -0.2) is 47.1 Å². The molecule has 0 aliphatic heterocycles. The number of carbonyl (C=O) groups is 1. The highest BCUT2D eigenvalue weighted by Crippen LogP contribution is 2.24. The van der Waals surface area contributed by atoms with E-state index in [4.69, 9.17) is 16.6 Å². The number of carboxylic acid groups (broad SMARTS) is 1. The zero-order chi connectivity index (χ0) is 13.5. The van der Waals surface area contributed by atoms with Gasteiger partial charge in [-0.1, -0.05) is 19.3 Å². The number of guanidine groups is 1. The molecule has 6 nitrogen and oxygen atoms in total. The van der Waals surface area contributed by atoms with Gasteiger partial charge in [0.15, 0.2) is 5.96 Å². The van der Waals surface area contributed by atoms with Gasteiger partial charge in [0.05, 0.1) is 6.54 Å². The second kappa shape index (κ2) is 7.20. The van der Waals surface area contributed by atoms with Crippen LogP contribution in [0.3, 0.4) is 0 Å². The van der Waals surface area contributed by atoms with Crippen LogP contribution in [0, 0.1) is 0 Å². The Morgan fingerprint density at radius 1 is 1.39 bits per heavy atom. The number of carboxylic acids is 1. The summed E-state index contributed by atoms with van der Waals surface area (Å²) in [7, 11) is 0. The summed E-state index contributed by atoms with van der Waals surface area (Å²) in [5.74, 6) is -0.730. The maximum atomic E-state index is 11.2. The highest BCUT2D eigenvalue weighted by Gasteiger charge is 2.28. The molecule has 0 aromatic carbocycles. The summed E-state index contributed by atoms with van der Waals surface area (Å²) >= 11 is 0. The molecule has 1 saturated carbocycles. The predicted octanol–water partition coefficient (Wildman–Crippen LogP) is 0.368.